The van der Waals surface area contributed by atoms with Crippen LogP contribution in [0.2, 0.25) is 0 Å². The Morgan fingerprint density at radius 3 is 2.85 bits per heavy atom. The van der Waals surface area contributed by atoms with Crippen molar-refractivity contribution >= 4 is 29.5 Å². The molecule has 1 aromatic carbocycles. The zero-order valence-electron chi connectivity index (χ0n) is 10.4. The van der Waals surface area contributed by atoms with Crippen LogP contribution in [0.15, 0.2) is 41.3 Å². The third-order valence-corrected chi connectivity index (χ3v) is 3.54. The van der Waals surface area contributed by atoms with Gasteiger partial charge in [0.15, 0.2) is 4.77 Å². The van der Waals surface area contributed by atoms with Gasteiger partial charge in [-0.25, -0.2) is 0 Å². The minimum atomic E-state index is -0.241. The smallest absolute Gasteiger partial charge is 0.276 e. The number of aromatic amines is 2. The fourth-order valence-electron chi connectivity index (χ4n) is 2.22. The average molecular weight is 285 g/mol. The Balaban J connectivity index is 2.21. The maximum atomic E-state index is 11.8. The molecule has 0 unspecified atom stereocenters. The van der Waals surface area contributed by atoms with Gasteiger partial charge in [0.05, 0.1) is 12.1 Å². The van der Waals surface area contributed by atoms with E-state index in [0.29, 0.717) is 22.4 Å². The Bertz CT molecular complexity index is 904. The highest BCUT2D eigenvalue weighted by Gasteiger charge is 2.08. The SMILES string of the molecule is O=Cc1ccccc1Cn1c(=S)[nH]c(=O)c2[nH]ccc21. The van der Waals surface area contributed by atoms with Gasteiger partial charge in [0.25, 0.3) is 5.56 Å². The van der Waals surface area contributed by atoms with Crippen molar-refractivity contribution in [3.05, 3.63) is 62.8 Å². The lowest BCUT2D eigenvalue weighted by atomic mass is 10.1. The summed E-state index contributed by atoms with van der Waals surface area (Å²) in [7, 11) is 0. The minimum absolute atomic E-state index is 0.241. The number of H-pyrrole nitrogens is 2. The molecule has 5 nitrogen and oxygen atoms in total. The number of carbonyl (C=O) groups excluding carboxylic acids is 1. The molecule has 100 valence electrons. The standard InChI is InChI=1S/C14H11N3O2S/c18-8-10-4-2-1-3-9(10)7-17-11-5-6-15-12(11)13(19)16-14(17)20/h1-6,8,15H,7H2,(H,16,19,20). The van der Waals surface area contributed by atoms with Gasteiger partial charge in [0.2, 0.25) is 0 Å². The molecular formula is C14H11N3O2S. The number of rotatable bonds is 3. The van der Waals surface area contributed by atoms with Gasteiger partial charge in [-0.3, -0.25) is 14.6 Å². The molecule has 0 bridgehead atoms. The topological polar surface area (TPSA) is 70.7 Å². The van der Waals surface area contributed by atoms with Crippen molar-refractivity contribution in [2.24, 2.45) is 0 Å². The van der Waals surface area contributed by atoms with Gasteiger partial charge in [-0.2, -0.15) is 0 Å². The highest BCUT2D eigenvalue weighted by atomic mass is 32.1. The molecule has 0 saturated carbocycles. The molecule has 0 saturated heterocycles. The number of carbonyl (C=O) groups is 1. The third kappa shape index (κ3) is 2.00. The first-order valence-corrected chi connectivity index (χ1v) is 6.45. The van der Waals surface area contributed by atoms with E-state index >= 15 is 0 Å². The quantitative estimate of drug-likeness (QED) is 0.573. The fourth-order valence-corrected chi connectivity index (χ4v) is 2.48. The van der Waals surface area contributed by atoms with Crippen LogP contribution in [0.4, 0.5) is 0 Å². The van der Waals surface area contributed by atoms with Gasteiger partial charge in [-0.15, -0.1) is 0 Å². The third-order valence-electron chi connectivity index (χ3n) is 3.22. The largest absolute Gasteiger partial charge is 0.355 e. The van der Waals surface area contributed by atoms with E-state index in [-0.39, 0.29) is 5.56 Å². The first-order valence-electron chi connectivity index (χ1n) is 6.04. The van der Waals surface area contributed by atoms with Gasteiger partial charge >= 0.3 is 0 Å². The van der Waals surface area contributed by atoms with Crippen LogP contribution in [0, 0.1) is 4.77 Å². The molecule has 2 N–H and O–H groups in total. The summed E-state index contributed by atoms with van der Waals surface area (Å²) >= 11 is 5.22. The molecule has 2 aromatic heterocycles. The molecule has 0 atom stereocenters. The number of aldehydes is 1. The number of hydrogen-bond donors (Lipinski definition) is 2. The van der Waals surface area contributed by atoms with E-state index in [2.05, 4.69) is 9.97 Å². The van der Waals surface area contributed by atoms with Crippen LogP contribution in [-0.4, -0.2) is 20.8 Å². The molecule has 0 aliphatic heterocycles. The molecule has 0 aliphatic rings. The molecule has 0 spiro atoms. The van der Waals surface area contributed by atoms with Crippen molar-refractivity contribution in [3.8, 4) is 0 Å². The van der Waals surface area contributed by atoms with Crippen LogP contribution in [0.3, 0.4) is 0 Å². The summed E-state index contributed by atoms with van der Waals surface area (Å²) in [4.78, 5) is 28.4. The molecule has 2 heterocycles. The van der Waals surface area contributed by atoms with E-state index in [4.69, 9.17) is 12.2 Å². The molecule has 3 aromatic rings. The van der Waals surface area contributed by atoms with Crippen LogP contribution >= 0.6 is 12.2 Å². The molecule has 0 amide bonds. The Kier molecular flexibility index (Phi) is 3.08. The van der Waals surface area contributed by atoms with Crippen LogP contribution in [0.5, 0.6) is 0 Å². The van der Waals surface area contributed by atoms with E-state index < -0.39 is 0 Å². The lowest BCUT2D eigenvalue weighted by Crippen LogP contribution is -2.15. The molecule has 0 fully saturated rings. The summed E-state index contributed by atoms with van der Waals surface area (Å²) in [5, 5.41) is 0. The van der Waals surface area contributed by atoms with Crippen molar-refractivity contribution in [1.82, 2.24) is 14.5 Å². The summed E-state index contributed by atoms with van der Waals surface area (Å²) in [6, 6.07) is 9.10. The summed E-state index contributed by atoms with van der Waals surface area (Å²) in [6.07, 6.45) is 2.51. The number of aromatic nitrogens is 3. The molecule has 3 rings (SSSR count). The van der Waals surface area contributed by atoms with Crippen molar-refractivity contribution in [2.45, 2.75) is 6.54 Å². The molecule has 6 heteroatoms. The second kappa shape index (κ2) is 4.90. The molecule has 0 aliphatic carbocycles. The van der Waals surface area contributed by atoms with Gasteiger partial charge < -0.3 is 9.55 Å². The molecule has 0 radical (unpaired) electrons. The fraction of sp³-hybridized carbons (Fsp3) is 0.0714. The van der Waals surface area contributed by atoms with Crippen molar-refractivity contribution in [1.29, 1.82) is 0 Å². The second-order valence-corrected chi connectivity index (χ2v) is 4.79. The number of benzene rings is 1. The number of hydrogen-bond acceptors (Lipinski definition) is 3. The zero-order valence-corrected chi connectivity index (χ0v) is 11.2. The lowest BCUT2D eigenvalue weighted by Gasteiger charge is -2.10. The first kappa shape index (κ1) is 12.6. The van der Waals surface area contributed by atoms with E-state index in [1.165, 1.54) is 0 Å². The predicted octanol–water partition coefficient (Wildman–Crippen LogP) is 2.25. The summed E-state index contributed by atoms with van der Waals surface area (Å²) in [5.41, 5.74) is 2.42. The van der Waals surface area contributed by atoms with Crippen LogP contribution in [-0.2, 0) is 6.54 Å². The Morgan fingerprint density at radius 1 is 1.25 bits per heavy atom. The van der Waals surface area contributed by atoms with Crippen molar-refractivity contribution in [3.63, 3.8) is 0 Å². The number of nitrogens with one attached hydrogen (secondary N) is 2. The number of fused-ring (bicyclic) bond motifs is 1. The normalized spacial score (nSPS) is 10.8. The Labute approximate surface area is 118 Å². The van der Waals surface area contributed by atoms with Crippen LogP contribution in [0.1, 0.15) is 15.9 Å². The zero-order chi connectivity index (χ0) is 14.1. The maximum Gasteiger partial charge on any atom is 0.276 e. The highest BCUT2D eigenvalue weighted by molar-refractivity contribution is 7.71. The Morgan fingerprint density at radius 2 is 2.05 bits per heavy atom. The summed E-state index contributed by atoms with van der Waals surface area (Å²) in [6.45, 7) is 0.429. The molecule has 20 heavy (non-hydrogen) atoms. The van der Waals surface area contributed by atoms with E-state index in [1.807, 2.05) is 18.2 Å². The summed E-state index contributed by atoms with van der Waals surface area (Å²) in [5.74, 6) is 0. The predicted molar refractivity (Wildman–Crippen MR) is 78.7 cm³/mol. The van der Waals surface area contributed by atoms with Gasteiger partial charge in [0.1, 0.15) is 11.8 Å². The van der Waals surface area contributed by atoms with E-state index in [9.17, 15) is 9.59 Å². The summed E-state index contributed by atoms with van der Waals surface area (Å²) < 4.78 is 2.13. The Hall–Kier alpha value is -2.47. The van der Waals surface area contributed by atoms with Crippen LogP contribution in [0.25, 0.3) is 11.0 Å². The lowest BCUT2D eigenvalue weighted by molar-refractivity contribution is 0.112. The van der Waals surface area contributed by atoms with Crippen molar-refractivity contribution in [2.75, 3.05) is 0 Å². The minimum Gasteiger partial charge on any atom is -0.355 e. The van der Waals surface area contributed by atoms with Crippen LogP contribution < -0.4 is 5.56 Å². The number of nitrogens with zero attached hydrogens (tertiary/aromatic N) is 1. The van der Waals surface area contributed by atoms with Gasteiger partial charge in [-0.05, 0) is 23.8 Å². The monoisotopic (exact) mass is 285 g/mol. The first-order chi connectivity index (χ1) is 9.70. The van der Waals surface area contributed by atoms with Gasteiger partial charge in [-0.1, -0.05) is 24.3 Å². The highest BCUT2D eigenvalue weighted by Crippen LogP contribution is 2.13. The average Bonchev–Trinajstić information content (AvgIpc) is 2.93. The maximum absolute atomic E-state index is 11.8. The second-order valence-electron chi connectivity index (χ2n) is 4.40. The van der Waals surface area contributed by atoms with Gasteiger partial charge in [0, 0.05) is 11.8 Å². The molecular weight excluding hydrogens is 274 g/mol. The van der Waals surface area contributed by atoms with Crippen molar-refractivity contribution < 1.29 is 4.79 Å². The van der Waals surface area contributed by atoms with E-state index in [0.717, 1.165) is 17.4 Å². The van der Waals surface area contributed by atoms with E-state index in [1.54, 1.807) is 22.9 Å².